The van der Waals surface area contributed by atoms with Gasteiger partial charge in [0.25, 0.3) is 5.56 Å². The third-order valence-corrected chi connectivity index (χ3v) is 3.00. The number of carbonyl (C=O) groups excluding carboxylic acids is 1. The predicted octanol–water partition coefficient (Wildman–Crippen LogP) is -0.914. The minimum Gasteiger partial charge on any atom is -0.385 e. The molecule has 2 rings (SSSR count). The van der Waals surface area contributed by atoms with Crippen molar-refractivity contribution in [3.8, 4) is 0 Å². The lowest BCUT2D eigenvalue weighted by molar-refractivity contribution is -0.276. The molecule has 3 atom stereocenters. The Hall–Kier alpha value is -1.84. The first-order valence-corrected chi connectivity index (χ1v) is 6.19. The number of ketones is 1. The molecule has 1 aliphatic heterocycles. The van der Waals surface area contributed by atoms with Gasteiger partial charge < -0.3 is 14.6 Å². The topological polar surface area (TPSA) is 111 Å². The molecule has 0 radical (unpaired) electrons. The molecule has 21 heavy (non-hydrogen) atoms. The number of alkyl halides is 1. The summed E-state index contributed by atoms with van der Waals surface area (Å²) in [5.41, 5.74) is -1.73. The molecule has 9 heteroatoms. The van der Waals surface area contributed by atoms with Crippen LogP contribution in [-0.2, 0) is 14.3 Å². The Morgan fingerprint density at radius 1 is 1.48 bits per heavy atom. The first-order chi connectivity index (χ1) is 9.71. The number of aromatic nitrogens is 2. The van der Waals surface area contributed by atoms with Crippen molar-refractivity contribution >= 4 is 5.78 Å². The van der Waals surface area contributed by atoms with Crippen LogP contribution in [0.15, 0.2) is 21.9 Å². The Balaban J connectivity index is 2.25. The van der Waals surface area contributed by atoms with Crippen LogP contribution in [0.3, 0.4) is 0 Å². The minimum atomic E-state index is -2.25. The summed E-state index contributed by atoms with van der Waals surface area (Å²) in [5, 5.41) is 9.96. The van der Waals surface area contributed by atoms with E-state index in [9.17, 15) is 23.9 Å². The van der Waals surface area contributed by atoms with Gasteiger partial charge in [-0.1, -0.05) is 0 Å². The van der Waals surface area contributed by atoms with Crippen molar-refractivity contribution in [3.63, 3.8) is 0 Å². The number of nitrogens with one attached hydrogen (secondary N) is 1. The average Bonchev–Trinajstić information content (AvgIpc) is 2.40. The molecule has 0 spiro atoms. The van der Waals surface area contributed by atoms with Gasteiger partial charge in [-0.25, -0.2) is 9.18 Å². The standard InChI is InChI=1S/C12H15FN2O6/c1-12(2)20-5-6(16)9(21-12)8(18)10(13)15-4-3-7(17)14-11(15)19/h3-4,8-10,18H,5H2,1-2H3,(H,14,17,19)/t8?,9-,10?/m1/s1. The summed E-state index contributed by atoms with van der Waals surface area (Å²) in [7, 11) is 0. The van der Waals surface area contributed by atoms with Crippen LogP contribution in [0.4, 0.5) is 4.39 Å². The van der Waals surface area contributed by atoms with Crippen LogP contribution in [0.25, 0.3) is 0 Å². The van der Waals surface area contributed by atoms with Gasteiger partial charge >= 0.3 is 5.69 Å². The van der Waals surface area contributed by atoms with Crippen LogP contribution >= 0.6 is 0 Å². The average molecular weight is 302 g/mol. The van der Waals surface area contributed by atoms with E-state index in [4.69, 9.17) is 9.47 Å². The van der Waals surface area contributed by atoms with E-state index in [1.807, 2.05) is 4.98 Å². The largest absolute Gasteiger partial charge is 0.385 e. The van der Waals surface area contributed by atoms with Gasteiger partial charge in [-0.15, -0.1) is 0 Å². The molecule has 8 nitrogen and oxygen atoms in total. The van der Waals surface area contributed by atoms with Crippen molar-refractivity contribution < 1.29 is 23.8 Å². The Bertz CT molecular complexity index is 652. The number of ether oxygens (including phenoxy) is 2. The van der Waals surface area contributed by atoms with E-state index in [1.165, 1.54) is 13.8 Å². The van der Waals surface area contributed by atoms with Gasteiger partial charge in [0.05, 0.1) is 0 Å². The summed E-state index contributed by atoms with van der Waals surface area (Å²) in [4.78, 5) is 35.9. The number of H-pyrrole nitrogens is 1. The van der Waals surface area contributed by atoms with Crippen LogP contribution in [-0.4, -0.2) is 45.0 Å². The van der Waals surface area contributed by atoms with Crippen LogP contribution in [0, 0.1) is 0 Å². The van der Waals surface area contributed by atoms with Crippen LogP contribution < -0.4 is 11.2 Å². The van der Waals surface area contributed by atoms with Crippen molar-refractivity contribution in [2.45, 2.75) is 38.1 Å². The third-order valence-electron chi connectivity index (χ3n) is 3.00. The van der Waals surface area contributed by atoms with E-state index in [-0.39, 0.29) is 6.61 Å². The zero-order chi connectivity index (χ0) is 15.8. The number of Topliss-reactive ketones (excluding diaryl/α,β-unsaturated/α-hetero) is 1. The summed E-state index contributed by atoms with van der Waals surface area (Å²) in [5.74, 6) is -1.79. The van der Waals surface area contributed by atoms with Gasteiger partial charge in [0.2, 0.25) is 6.30 Å². The minimum absolute atomic E-state index is 0.331. The highest BCUT2D eigenvalue weighted by Gasteiger charge is 2.43. The fraction of sp³-hybridized carbons (Fsp3) is 0.583. The van der Waals surface area contributed by atoms with Gasteiger partial charge in [-0.3, -0.25) is 19.1 Å². The quantitative estimate of drug-likeness (QED) is 0.747. The SMILES string of the molecule is CC1(C)OCC(=O)[C@H](C(O)C(F)n2ccc(=O)[nH]c2=O)O1. The maximum atomic E-state index is 14.2. The molecule has 2 N–H and O–H groups in total. The van der Waals surface area contributed by atoms with E-state index in [0.717, 1.165) is 12.3 Å². The van der Waals surface area contributed by atoms with E-state index >= 15 is 0 Å². The predicted molar refractivity (Wildman–Crippen MR) is 67.4 cm³/mol. The second-order valence-corrected chi connectivity index (χ2v) is 5.07. The molecule has 0 amide bonds. The lowest BCUT2D eigenvalue weighted by Crippen LogP contribution is -2.53. The molecule has 0 aliphatic carbocycles. The van der Waals surface area contributed by atoms with Crippen molar-refractivity contribution in [2.75, 3.05) is 6.61 Å². The smallest absolute Gasteiger partial charge is 0.330 e. The van der Waals surface area contributed by atoms with Crippen LogP contribution in [0.5, 0.6) is 0 Å². The Morgan fingerprint density at radius 2 is 2.14 bits per heavy atom. The van der Waals surface area contributed by atoms with Crippen molar-refractivity contribution in [1.82, 2.24) is 9.55 Å². The molecular weight excluding hydrogens is 287 g/mol. The second-order valence-electron chi connectivity index (χ2n) is 5.07. The molecule has 1 aromatic rings. The number of aliphatic hydroxyl groups is 1. The Morgan fingerprint density at radius 3 is 2.76 bits per heavy atom. The van der Waals surface area contributed by atoms with E-state index < -0.39 is 41.3 Å². The molecule has 116 valence electrons. The molecular formula is C12H15FN2O6. The molecule has 0 aromatic carbocycles. The maximum absolute atomic E-state index is 14.2. The number of carbonyl (C=O) groups is 1. The van der Waals surface area contributed by atoms with E-state index in [0.29, 0.717) is 4.57 Å². The summed E-state index contributed by atoms with van der Waals surface area (Å²) in [6.07, 6.45) is -4.74. The van der Waals surface area contributed by atoms with E-state index in [2.05, 4.69) is 0 Å². The summed E-state index contributed by atoms with van der Waals surface area (Å²) in [6.45, 7) is 2.69. The number of halogens is 1. The fourth-order valence-corrected chi connectivity index (χ4v) is 1.92. The molecule has 1 aromatic heterocycles. The third kappa shape index (κ3) is 3.26. The first-order valence-electron chi connectivity index (χ1n) is 6.19. The summed E-state index contributed by atoms with van der Waals surface area (Å²) >= 11 is 0. The normalized spacial score (nSPS) is 24.6. The second kappa shape index (κ2) is 5.51. The zero-order valence-electron chi connectivity index (χ0n) is 11.4. The number of aromatic amines is 1. The van der Waals surface area contributed by atoms with Crippen LogP contribution in [0.1, 0.15) is 20.1 Å². The monoisotopic (exact) mass is 302 g/mol. The molecule has 1 saturated heterocycles. The molecule has 2 unspecified atom stereocenters. The molecule has 1 aliphatic rings. The maximum Gasteiger partial charge on any atom is 0.330 e. The Kier molecular flexibility index (Phi) is 4.08. The first kappa shape index (κ1) is 15.5. The van der Waals surface area contributed by atoms with Crippen molar-refractivity contribution in [3.05, 3.63) is 33.1 Å². The van der Waals surface area contributed by atoms with E-state index in [1.54, 1.807) is 0 Å². The van der Waals surface area contributed by atoms with Crippen molar-refractivity contribution in [1.29, 1.82) is 0 Å². The fourth-order valence-electron chi connectivity index (χ4n) is 1.92. The van der Waals surface area contributed by atoms with Gasteiger partial charge in [0, 0.05) is 12.3 Å². The molecule has 2 heterocycles. The zero-order valence-corrected chi connectivity index (χ0v) is 11.4. The highest BCUT2D eigenvalue weighted by atomic mass is 19.1. The molecule has 1 fully saturated rings. The van der Waals surface area contributed by atoms with Gasteiger partial charge in [-0.05, 0) is 13.8 Å². The highest BCUT2D eigenvalue weighted by molar-refractivity contribution is 5.85. The number of aliphatic hydroxyl groups excluding tert-OH is 1. The number of rotatable bonds is 3. The molecule has 0 saturated carbocycles. The number of nitrogens with zero attached hydrogens (tertiary/aromatic N) is 1. The van der Waals surface area contributed by atoms with Gasteiger partial charge in [-0.2, -0.15) is 0 Å². The number of hydrogen-bond donors (Lipinski definition) is 2. The van der Waals surface area contributed by atoms with Gasteiger partial charge in [0.15, 0.2) is 17.7 Å². The highest BCUT2D eigenvalue weighted by Crippen LogP contribution is 2.26. The Labute approximate surface area is 118 Å². The van der Waals surface area contributed by atoms with Crippen molar-refractivity contribution in [2.24, 2.45) is 0 Å². The van der Waals surface area contributed by atoms with Gasteiger partial charge in [0.1, 0.15) is 12.7 Å². The summed E-state index contributed by atoms with van der Waals surface area (Å²) in [6, 6.07) is 0.928. The number of hydrogen-bond acceptors (Lipinski definition) is 6. The lowest BCUT2D eigenvalue weighted by atomic mass is 10.1. The summed E-state index contributed by atoms with van der Waals surface area (Å²) < 4.78 is 25.0. The lowest BCUT2D eigenvalue weighted by Gasteiger charge is -2.37. The molecule has 0 bridgehead atoms. The van der Waals surface area contributed by atoms with Crippen LogP contribution in [0.2, 0.25) is 0 Å².